The van der Waals surface area contributed by atoms with Crippen LogP contribution in [0.5, 0.6) is 0 Å². The molecule has 5 nitrogen and oxygen atoms in total. The van der Waals surface area contributed by atoms with Crippen LogP contribution in [0.25, 0.3) is 131 Å². The number of fused-ring (bicyclic) bond motifs is 9. The summed E-state index contributed by atoms with van der Waals surface area (Å²) in [7, 11) is 0. The van der Waals surface area contributed by atoms with Gasteiger partial charge in [0, 0.05) is 54.0 Å². The van der Waals surface area contributed by atoms with Gasteiger partial charge in [-0.25, -0.2) is 15.0 Å². The maximum atomic E-state index is 9.45. The molecule has 0 spiro atoms. The van der Waals surface area contributed by atoms with Gasteiger partial charge in [0.1, 0.15) is 0 Å². The van der Waals surface area contributed by atoms with Crippen molar-refractivity contribution < 1.29 is 0 Å². The summed E-state index contributed by atoms with van der Waals surface area (Å²) in [5.74, 6) is 1.88. The average Bonchev–Trinajstić information content (AvgIpc) is 3.78. The van der Waals surface area contributed by atoms with Crippen molar-refractivity contribution in [2.24, 2.45) is 0 Å². The summed E-state index contributed by atoms with van der Waals surface area (Å²) in [5, 5.41) is 19.9. The van der Waals surface area contributed by atoms with Crippen molar-refractivity contribution in [3.05, 3.63) is 218 Å². The smallest absolute Gasteiger partial charge is 0.164 e. The molecule has 0 aliphatic heterocycles. The Labute approximate surface area is 389 Å². The van der Waals surface area contributed by atoms with E-state index >= 15 is 0 Å². The Balaban J connectivity index is 0.972. The summed E-state index contributed by atoms with van der Waals surface area (Å²) < 4.78 is 2.46. The fourth-order valence-electron chi connectivity index (χ4n) is 9.82. The zero-order chi connectivity index (χ0) is 44.4. The van der Waals surface area contributed by atoms with Gasteiger partial charge in [-0.15, -0.1) is 11.3 Å². The van der Waals surface area contributed by atoms with E-state index < -0.39 is 0 Å². The summed E-state index contributed by atoms with van der Waals surface area (Å²) in [4.78, 5) is 20.5. The number of nitrogens with zero attached hydrogens (tertiary/aromatic N) is 5. The van der Waals surface area contributed by atoms with E-state index in [-0.39, 0.29) is 0 Å². The first-order valence-corrected chi connectivity index (χ1v) is 23.1. The third-order valence-electron chi connectivity index (χ3n) is 13.0. The van der Waals surface area contributed by atoms with Crippen LogP contribution < -0.4 is 0 Å². The summed E-state index contributed by atoms with van der Waals surface area (Å²) in [6, 6.07) is 74.6. The first-order chi connectivity index (χ1) is 33.1. The van der Waals surface area contributed by atoms with E-state index in [1.807, 2.05) is 54.7 Å². The Kier molecular flexibility index (Phi) is 9.02. The van der Waals surface area contributed by atoms with Gasteiger partial charge in [-0.3, -0.25) is 4.98 Å². The Morgan fingerprint density at radius 2 is 0.881 bits per heavy atom. The van der Waals surface area contributed by atoms with Crippen molar-refractivity contribution in [1.82, 2.24) is 19.9 Å². The maximum absolute atomic E-state index is 9.45. The van der Waals surface area contributed by atoms with Gasteiger partial charge in [0.2, 0.25) is 0 Å². The fourth-order valence-corrected chi connectivity index (χ4v) is 11.0. The molecule has 0 N–H and O–H groups in total. The molecule has 3 aromatic heterocycles. The van der Waals surface area contributed by atoms with Crippen molar-refractivity contribution in [3.8, 4) is 73.6 Å². The highest BCUT2D eigenvalue weighted by Gasteiger charge is 2.19. The van der Waals surface area contributed by atoms with Gasteiger partial charge in [-0.1, -0.05) is 158 Å². The molecule has 67 heavy (non-hydrogen) atoms. The van der Waals surface area contributed by atoms with Crippen LogP contribution in [0.4, 0.5) is 0 Å². The molecule has 13 aromatic rings. The van der Waals surface area contributed by atoms with Gasteiger partial charge in [-0.05, 0) is 109 Å². The molecule has 0 saturated carbocycles. The number of thiophene rings is 1. The zero-order valence-electron chi connectivity index (χ0n) is 35.9. The Hall–Kier alpha value is -8.89. The van der Waals surface area contributed by atoms with E-state index in [0.29, 0.717) is 23.0 Å². The van der Waals surface area contributed by atoms with Gasteiger partial charge in [0.05, 0.1) is 17.1 Å². The fraction of sp³-hybridized carbons (Fsp3) is 0. The van der Waals surface area contributed by atoms with Gasteiger partial charge < -0.3 is 0 Å². The number of benzene rings is 10. The largest absolute Gasteiger partial charge is 0.256 e. The number of hydrogen-bond acceptors (Lipinski definition) is 6. The van der Waals surface area contributed by atoms with Crippen molar-refractivity contribution in [2.45, 2.75) is 0 Å². The molecule has 310 valence electrons. The number of aromatic nitrogens is 4. The van der Waals surface area contributed by atoms with Crippen LogP contribution in [0.3, 0.4) is 0 Å². The summed E-state index contributed by atoms with van der Waals surface area (Å²) in [6.45, 7) is 0. The molecule has 0 aliphatic rings. The highest BCUT2D eigenvalue weighted by molar-refractivity contribution is 7.25. The minimum absolute atomic E-state index is 0.615. The molecule has 0 unspecified atom stereocenters. The molecule has 6 heteroatoms. The maximum Gasteiger partial charge on any atom is 0.164 e. The normalized spacial score (nSPS) is 11.6. The summed E-state index contributed by atoms with van der Waals surface area (Å²) in [5.41, 5.74) is 11.0. The lowest BCUT2D eigenvalue weighted by Gasteiger charge is -2.17. The number of nitriles is 1. The quantitative estimate of drug-likeness (QED) is 0.156. The second-order valence-corrected chi connectivity index (χ2v) is 17.9. The van der Waals surface area contributed by atoms with E-state index in [1.165, 1.54) is 20.2 Å². The lowest BCUT2D eigenvalue weighted by Crippen LogP contribution is -2.00. The van der Waals surface area contributed by atoms with Gasteiger partial charge in [0.15, 0.2) is 17.5 Å². The minimum atomic E-state index is 0.615. The highest BCUT2D eigenvalue weighted by Crippen LogP contribution is 2.44. The predicted molar refractivity (Wildman–Crippen MR) is 278 cm³/mol. The van der Waals surface area contributed by atoms with E-state index in [2.05, 4.69) is 164 Å². The monoisotopic (exact) mass is 869 g/mol. The van der Waals surface area contributed by atoms with Crippen LogP contribution in [0.15, 0.2) is 212 Å². The number of hydrogen-bond donors (Lipinski definition) is 0. The molecule has 0 amide bonds. The third kappa shape index (κ3) is 6.52. The zero-order valence-corrected chi connectivity index (χ0v) is 36.7. The Bertz CT molecular complexity index is 4170. The number of pyridine rings is 1. The van der Waals surface area contributed by atoms with Crippen molar-refractivity contribution >= 4 is 74.7 Å². The molecular formula is C61H35N5S. The van der Waals surface area contributed by atoms with Crippen LogP contribution in [0.1, 0.15) is 5.56 Å². The van der Waals surface area contributed by atoms with Crippen molar-refractivity contribution in [1.29, 1.82) is 5.26 Å². The topological polar surface area (TPSA) is 75.3 Å². The second kappa shape index (κ2) is 15.7. The minimum Gasteiger partial charge on any atom is -0.256 e. The van der Waals surface area contributed by atoms with Crippen LogP contribution in [-0.2, 0) is 0 Å². The second-order valence-electron chi connectivity index (χ2n) is 16.8. The Morgan fingerprint density at radius 1 is 0.328 bits per heavy atom. The molecule has 0 atom stereocenters. The molecule has 3 heterocycles. The summed E-state index contributed by atoms with van der Waals surface area (Å²) in [6.07, 6.45) is 1.89. The Morgan fingerprint density at radius 3 is 1.66 bits per heavy atom. The standard InChI is InChI=1S/C61H35N5S/c62-36-37-23-25-38(26-24-37)43-29-30-48(45-17-5-4-16-44(43)45)55-35-53-47-19-7-6-18-46(47)52(34-54(53)51-21-11-31-63-58(51)55)40-14-10-15-41(32-40)60-64-59(39-12-2-1-3-13-39)65-61(66-60)42-27-28-50-49-20-8-9-22-56(49)67-57(50)33-42/h1-35H. The van der Waals surface area contributed by atoms with Gasteiger partial charge >= 0.3 is 0 Å². The predicted octanol–water partition coefficient (Wildman–Crippen LogP) is 16.1. The molecule has 0 bridgehead atoms. The molecular weight excluding hydrogens is 835 g/mol. The van der Waals surface area contributed by atoms with Crippen LogP contribution in [0.2, 0.25) is 0 Å². The molecule has 0 fully saturated rings. The lowest BCUT2D eigenvalue weighted by molar-refractivity contribution is 1.07. The summed E-state index contributed by atoms with van der Waals surface area (Å²) >= 11 is 1.79. The van der Waals surface area contributed by atoms with E-state index in [4.69, 9.17) is 19.9 Å². The van der Waals surface area contributed by atoms with Crippen molar-refractivity contribution in [2.75, 3.05) is 0 Å². The number of rotatable bonds is 6. The van der Waals surface area contributed by atoms with Crippen LogP contribution in [0, 0.1) is 11.3 Å². The SMILES string of the molecule is N#Cc1ccc(-c2ccc(-c3cc4c5ccccc5c(-c5cccc(-c6nc(-c7ccccc7)nc(-c7ccc8c(c7)sc7ccccc78)n6)c5)cc4c4cccnc34)c3ccccc23)cc1. The molecule has 0 radical (unpaired) electrons. The molecule has 10 aromatic carbocycles. The molecule has 13 rings (SSSR count). The van der Waals surface area contributed by atoms with Crippen molar-refractivity contribution in [3.63, 3.8) is 0 Å². The average molecular weight is 870 g/mol. The van der Waals surface area contributed by atoms with E-state index in [1.54, 1.807) is 11.3 Å². The third-order valence-corrected chi connectivity index (χ3v) is 14.1. The van der Waals surface area contributed by atoms with Crippen LogP contribution in [-0.4, -0.2) is 19.9 Å². The first-order valence-electron chi connectivity index (χ1n) is 22.2. The lowest BCUT2D eigenvalue weighted by atomic mass is 9.87. The first kappa shape index (κ1) is 38.6. The van der Waals surface area contributed by atoms with Crippen LogP contribution >= 0.6 is 11.3 Å². The van der Waals surface area contributed by atoms with Gasteiger partial charge in [-0.2, -0.15) is 5.26 Å². The van der Waals surface area contributed by atoms with Gasteiger partial charge in [0.25, 0.3) is 0 Å². The van der Waals surface area contributed by atoms with E-state index in [0.717, 1.165) is 93.3 Å². The van der Waals surface area contributed by atoms with E-state index in [9.17, 15) is 5.26 Å². The molecule has 0 aliphatic carbocycles. The highest BCUT2D eigenvalue weighted by atomic mass is 32.1. The molecule has 0 saturated heterocycles.